The lowest BCUT2D eigenvalue weighted by Gasteiger charge is -2.47. The first-order chi connectivity index (χ1) is 12.0. The molecule has 3 rings (SSSR count). The summed E-state index contributed by atoms with van der Waals surface area (Å²) in [5.74, 6) is -0.0914. The van der Waals surface area contributed by atoms with Crippen molar-refractivity contribution in [2.75, 3.05) is 53.4 Å². The molecule has 6 heteroatoms. The Morgan fingerprint density at radius 2 is 2.04 bits per heavy atom. The van der Waals surface area contributed by atoms with Crippen molar-refractivity contribution in [3.8, 4) is 0 Å². The van der Waals surface area contributed by atoms with Crippen LogP contribution in [0, 0.1) is 5.82 Å². The number of hydrogen-bond donors (Lipinski definition) is 0. The fourth-order valence-electron chi connectivity index (χ4n) is 3.63. The number of likely N-dealkylation sites (N-methyl/N-ethyl adjacent to an activating group) is 1. The Balaban J connectivity index is 1.54. The molecular weight excluding hydrogens is 321 g/mol. The van der Waals surface area contributed by atoms with Crippen LogP contribution in [0.2, 0.25) is 0 Å². The molecule has 138 valence electrons. The third kappa shape index (κ3) is 4.77. The second kappa shape index (κ2) is 7.81. The van der Waals surface area contributed by atoms with Gasteiger partial charge < -0.3 is 14.5 Å². The minimum Gasteiger partial charge on any atom is -0.363 e. The summed E-state index contributed by atoms with van der Waals surface area (Å²) in [5.41, 5.74) is 0.793. The van der Waals surface area contributed by atoms with Crippen LogP contribution in [0.1, 0.15) is 18.4 Å². The zero-order chi connectivity index (χ0) is 17.9. The molecular formula is C19H28FN3O2. The number of hydrogen-bond acceptors (Lipinski definition) is 4. The lowest BCUT2D eigenvalue weighted by molar-refractivity contribution is -0.171. The van der Waals surface area contributed by atoms with Crippen molar-refractivity contribution in [2.24, 2.45) is 0 Å². The van der Waals surface area contributed by atoms with E-state index in [2.05, 4.69) is 9.80 Å². The molecule has 0 aliphatic carbocycles. The van der Waals surface area contributed by atoms with Gasteiger partial charge in [-0.05, 0) is 44.6 Å². The second-order valence-electron chi connectivity index (χ2n) is 7.50. The highest BCUT2D eigenvalue weighted by atomic mass is 19.1. The van der Waals surface area contributed by atoms with Gasteiger partial charge >= 0.3 is 0 Å². The van der Waals surface area contributed by atoms with Crippen LogP contribution in [0.15, 0.2) is 24.3 Å². The van der Waals surface area contributed by atoms with Gasteiger partial charge in [0.25, 0.3) is 0 Å². The van der Waals surface area contributed by atoms with Gasteiger partial charge in [0, 0.05) is 39.3 Å². The van der Waals surface area contributed by atoms with E-state index in [1.807, 2.05) is 25.1 Å². The molecule has 2 saturated heterocycles. The second-order valence-corrected chi connectivity index (χ2v) is 7.50. The molecule has 2 fully saturated rings. The average Bonchev–Trinajstić information content (AvgIpc) is 2.58. The predicted octanol–water partition coefficient (Wildman–Crippen LogP) is 1.58. The van der Waals surface area contributed by atoms with E-state index in [9.17, 15) is 9.18 Å². The summed E-state index contributed by atoms with van der Waals surface area (Å²) >= 11 is 0. The van der Waals surface area contributed by atoms with Crippen molar-refractivity contribution in [3.05, 3.63) is 35.6 Å². The van der Waals surface area contributed by atoms with Crippen molar-refractivity contribution in [1.29, 1.82) is 0 Å². The number of morpholine rings is 1. The van der Waals surface area contributed by atoms with Gasteiger partial charge in [-0.15, -0.1) is 0 Å². The lowest BCUT2D eigenvalue weighted by Crippen LogP contribution is -2.59. The van der Waals surface area contributed by atoms with Crippen LogP contribution in [0.25, 0.3) is 0 Å². The number of benzene rings is 1. The van der Waals surface area contributed by atoms with Gasteiger partial charge in [-0.2, -0.15) is 0 Å². The van der Waals surface area contributed by atoms with E-state index >= 15 is 0 Å². The largest absolute Gasteiger partial charge is 0.363 e. The summed E-state index contributed by atoms with van der Waals surface area (Å²) in [5, 5.41) is 0. The first-order valence-electron chi connectivity index (χ1n) is 8.99. The van der Waals surface area contributed by atoms with Crippen molar-refractivity contribution in [3.63, 3.8) is 0 Å². The average molecular weight is 349 g/mol. The van der Waals surface area contributed by atoms with Gasteiger partial charge in [0.1, 0.15) is 12.4 Å². The molecule has 1 aromatic carbocycles. The maximum Gasteiger partial charge on any atom is 0.248 e. The Morgan fingerprint density at radius 1 is 1.28 bits per heavy atom. The van der Waals surface area contributed by atoms with Crippen LogP contribution in [-0.4, -0.2) is 79.6 Å². The van der Waals surface area contributed by atoms with Crippen LogP contribution < -0.4 is 0 Å². The fourth-order valence-corrected chi connectivity index (χ4v) is 3.63. The monoisotopic (exact) mass is 349 g/mol. The van der Waals surface area contributed by atoms with Crippen molar-refractivity contribution < 1.29 is 13.9 Å². The maximum atomic E-state index is 13.3. The Bertz CT molecular complexity index is 600. The highest BCUT2D eigenvalue weighted by Gasteiger charge is 2.42. The zero-order valence-corrected chi connectivity index (χ0v) is 15.2. The number of amides is 1. The van der Waals surface area contributed by atoms with Gasteiger partial charge in [-0.1, -0.05) is 12.1 Å². The highest BCUT2D eigenvalue weighted by molar-refractivity contribution is 5.78. The lowest BCUT2D eigenvalue weighted by atomic mass is 9.89. The molecule has 1 spiro atoms. The van der Waals surface area contributed by atoms with Crippen LogP contribution in [-0.2, 0) is 16.1 Å². The predicted molar refractivity (Wildman–Crippen MR) is 94.7 cm³/mol. The minimum absolute atomic E-state index is 0.0923. The molecule has 0 radical (unpaired) electrons. The normalized spacial score (nSPS) is 21.3. The number of halogens is 1. The standard InChI is InChI=1S/C19H28FN3O2/c1-21(2)10-11-23-15-19(25-14-18(23)24)6-8-22(9-7-19)13-16-4-3-5-17(20)12-16/h3-5,12H,6-11,13-15H2,1-2H3. The maximum absolute atomic E-state index is 13.3. The minimum atomic E-state index is -0.210. The van der Waals surface area contributed by atoms with Gasteiger partial charge in [0.05, 0.1) is 5.60 Å². The van der Waals surface area contributed by atoms with E-state index in [0.29, 0.717) is 6.54 Å². The fraction of sp³-hybridized carbons (Fsp3) is 0.632. The number of piperidine rings is 1. The van der Waals surface area contributed by atoms with Gasteiger partial charge in [-0.3, -0.25) is 9.69 Å². The van der Waals surface area contributed by atoms with Crippen molar-refractivity contribution in [2.45, 2.75) is 25.0 Å². The van der Waals surface area contributed by atoms with E-state index in [1.54, 1.807) is 12.1 Å². The topological polar surface area (TPSA) is 36.0 Å². The molecule has 5 nitrogen and oxygen atoms in total. The number of ether oxygens (including phenoxy) is 1. The molecule has 0 atom stereocenters. The Hall–Kier alpha value is -1.50. The van der Waals surface area contributed by atoms with Crippen molar-refractivity contribution in [1.82, 2.24) is 14.7 Å². The summed E-state index contributed by atoms with van der Waals surface area (Å²) in [6, 6.07) is 6.80. The molecule has 0 unspecified atom stereocenters. The summed E-state index contributed by atoms with van der Waals surface area (Å²) in [6.45, 7) is 5.08. The summed E-state index contributed by atoms with van der Waals surface area (Å²) in [6.07, 6.45) is 1.82. The third-order valence-electron chi connectivity index (χ3n) is 5.21. The number of nitrogens with zero attached hydrogens (tertiary/aromatic N) is 3. The van der Waals surface area contributed by atoms with Crippen molar-refractivity contribution >= 4 is 5.91 Å². The first-order valence-corrected chi connectivity index (χ1v) is 8.99. The summed E-state index contributed by atoms with van der Waals surface area (Å²) < 4.78 is 19.3. The van der Waals surface area contributed by atoms with E-state index < -0.39 is 0 Å². The Labute approximate surface area is 149 Å². The molecule has 1 aromatic rings. The Morgan fingerprint density at radius 3 is 2.72 bits per heavy atom. The zero-order valence-electron chi connectivity index (χ0n) is 15.2. The van der Waals surface area contributed by atoms with E-state index in [-0.39, 0.29) is 23.9 Å². The van der Waals surface area contributed by atoms with Crippen LogP contribution >= 0.6 is 0 Å². The van der Waals surface area contributed by atoms with Gasteiger partial charge in [-0.25, -0.2) is 4.39 Å². The first kappa shape index (κ1) is 18.3. The molecule has 2 aliphatic heterocycles. The number of carbonyl (C=O) groups excluding carboxylic acids is 1. The highest BCUT2D eigenvalue weighted by Crippen LogP contribution is 2.31. The van der Waals surface area contributed by atoms with E-state index in [0.717, 1.165) is 51.1 Å². The molecule has 1 amide bonds. The SMILES string of the molecule is CN(C)CCN1CC2(CCN(Cc3cccc(F)c3)CC2)OCC1=O. The number of rotatable bonds is 5. The number of carbonyl (C=O) groups is 1. The molecule has 2 heterocycles. The molecule has 2 aliphatic rings. The summed E-state index contributed by atoms with van der Waals surface area (Å²) in [7, 11) is 4.04. The van der Waals surface area contributed by atoms with Gasteiger partial charge in [0.15, 0.2) is 0 Å². The van der Waals surface area contributed by atoms with E-state index in [1.165, 1.54) is 6.07 Å². The number of likely N-dealkylation sites (tertiary alicyclic amines) is 1. The Kier molecular flexibility index (Phi) is 5.71. The van der Waals surface area contributed by atoms with Crippen LogP contribution in [0.4, 0.5) is 4.39 Å². The molecule has 0 saturated carbocycles. The van der Waals surface area contributed by atoms with Crippen LogP contribution in [0.5, 0.6) is 0 Å². The molecule has 25 heavy (non-hydrogen) atoms. The van der Waals surface area contributed by atoms with Crippen LogP contribution in [0.3, 0.4) is 0 Å². The molecule has 0 bridgehead atoms. The quantitative estimate of drug-likeness (QED) is 0.809. The summed E-state index contributed by atoms with van der Waals surface area (Å²) in [4.78, 5) is 18.5. The smallest absolute Gasteiger partial charge is 0.248 e. The van der Waals surface area contributed by atoms with E-state index in [4.69, 9.17) is 4.74 Å². The van der Waals surface area contributed by atoms with Gasteiger partial charge in [0.2, 0.25) is 5.91 Å². The molecule has 0 N–H and O–H groups in total. The molecule has 0 aromatic heterocycles. The third-order valence-corrected chi connectivity index (χ3v) is 5.21.